The highest BCUT2D eigenvalue weighted by molar-refractivity contribution is 5.69. The molecule has 0 aliphatic heterocycles. The van der Waals surface area contributed by atoms with Crippen molar-refractivity contribution in [1.29, 1.82) is 0 Å². The molecule has 1 atom stereocenters. The number of carbonyl (C=O) groups is 1. The van der Waals surface area contributed by atoms with Crippen LogP contribution in [0.25, 0.3) is 0 Å². The predicted octanol–water partition coefficient (Wildman–Crippen LogP) is 4.12. The average Bonchev–Trinajstić information content (AvgIpc) is 2.65. The van der Waals surface area contributed by atoms with Gasteiger partial charge in [0, 0.05) is 13.0 Å². The molecule has 0 radical (unpaired) electrons. The Bertz CT molecular complexity index is 296. The fourth-order valence-electron chi connectivity index (χ4n) is 2.99. The minimum atomic E-state index is -0.962. The van der Waals surface area contributed by atoms with Crippen molar-refractivity contribution in [2.24, 2.45) is 0 Å². The van der Waals surface area contributed by atoms with E-state index in [-0.39, 0.29) is 19.2 Å². The zero-order chi connectivity index (χ0) is 19.3. The normalized spacial score (nSPS) is 12.3. The Hall–Kier alpha value is -0.650. The number of ether oxygens (including phenoxy) is 1. The number of rotatable bonds is 20. The van der Waals surface area contributed by atoms with Gasteiger partial charge in [0.25, 0.3) is 0 Å². The van der Waals surface area contributed by atoms with Crippen molar-refractivity contribution in [3.05, 3.63) is 0 Å². The van der Waals surface area contributed by atoms with E-state index >= 15 is 0 Å². The quantitative estimate of drug-likeness (QED) is 0.220. The van der Waals surface area contributed by atoms with Crippen LogP contribution in [-0.4, -0.2) is 47.2 Å². The van der Waals surface area contributed by atoms with Gasteiger partial charge >= 0.3 is 5.97 Å². The smallest absolute Gasteiger partial charge is 0.305 e. The lowest BCUT2D eigenvalue weighted by Crippen LogP contribution is -2.21. The first kappa shape index (κ1) is 25.4. The minimum absolute atomic E-state index is 0.112. The molecule has 0 fully saturated rings. The summed E-state index contributed by atoms with van der Waals surface area (Å²) in [6.07, 6.45) is 17.8. The molecule has 0 aromatic rings. The molecule has 0 aromatic carbocycles. The van der Waals surface area contributed by atoms with Crippen molar-refractivity contribution in [2.75, 3.05) is 19.8 Å². The standard InChI is InChI=1S/C21H42O5/c22-17-15-13-11-9-7-5-3-1-2-4-6-8-10-12-14-16-21(25)26-19-20(24)18-23/h20,22-24H,1-19H2/t20-/m1/s1. The molecule has 0 saturated carbocycles. The van der Waals surface area contributed by atoms with E-state index in [0.29, 0.717) is 13.0 Å². The van der Waals surface area contributed by atoms with Crippen molar-refractivity contribution >= 4 is 5.97 Å². The van der Waals surface area contributed by atoms with Crippen LogP contribution in [0.2, 0.25) is 0 Å². The average molecular weight is 375 g/mol. The molecule has 0 bridgehead atoms. The van der Waals surface area contributed by atoms with Gasteiger partial charge in [-0.05, 0) is 12.8 Å². The van der Waals surface area contributed by atoms with E-state index in [1.807, 2.05) is 0 Å². The van der Waals surface area contributed by atoms with Gasteiger partial charge in [0.15, 0.2) is 0 Å². The number of hydrogen-bond donors (Lipinski definition) is 3. The van der Waals surface area contributed by atoms with Crippen LogP contribution >= 0.6 is 0 Å². The Labute approximate surface area is 160 Å². The molecular weight excluding hydrogens is 332 g/mol. The molecule has 5 nitrogen and oxygen atoms in total. The molecule has 0 saturated heterocycles. The van der Waals surface area contributed by atoms with Gasteiger partial charge in [-0.1, -0.05) is 83.5 Å². The maximum atomic E-state index is 11.4. The van der Waals surface area contributed by atoms with Gasteiger partial charge < -0.3 is 20.1 Å². The summed E-state index contributed by atoms with van der Waals surface area (Å²) in [5, 5.41) is 26.4. The summed E-state index contributed by atoms with van der Waals surface area (Å²) in [5.74, 6) is -0.286. The lowest BCUT2D eigenvalue weighted by molar-refractivity contribution is -0.147. The molecule has 0 aliphatic rings. The third-order valence-electron chi connectivity index (χ3n) is 4.69. The molecule has 26 heavy (non-hydrogen) atoms. The predicted molar refractivity (Wildman–Crippen MR) is 105 cm³/mol. The largest absolute Gasteiger partial charge is 0.463 e. The van der Waals surface area contributed by atoms with E-state index in [1.165, 1.54) is 77.0 Å². The Morgan fingerprint density at radius 1 is 0.654 bits per heavy atom. The third-order valence-corrected chi connectivity index (χ3v) is 4.69. The number of aliphatic hydroxyl groups is 3. The SMILES string of the molecule is O=C(CCCCCCCCCCCCCCCCCO)OC[C@H](O)CO. The lowest BCUT2D eigenvalue weighted by Gasteiger charge is -2.08. The van der Waals surface area contributed by atoms with Crippen molar-refractivity contribution < 1.29 is 24.9 Å². The molecule has 156 valence electrons. The molecular formula is C21H42O5. The van der Waals surface area contributed by atoms with Crippen molar-refractivity contribution in [3.8, 4) is 0 Å². The van der Waals surface area contributed by atoms with Crippen molar-refractivity contribution in [1.82, 2.24) is 0 Å². The van der Waals surface area contributed by atoms with Crippen LogP contribution in [-0.2, 0) is 9.53 Å². The van der Waals surface area contributed by atoms with Gasteiger partial charge in [-0.25, -0.2) is 0 Å². The van der Waals surface area contributed by atoms with Crippen molar-refractivity contribution in [3.63, 3.8) is 0 Å². The molecule has 0 aromatic heterocycles. The minimum Gasteiger partial charge on any atom is -0.463 e. The van der Waals surface area contributed by atoms with Crippen molar-refractivity contribution in [2.45, 2.75) is 109 Å². The van der Waals surface area contributed by atoms with E-state index in [0.717, 1.165) is 19.3 Å². The van der Waals surface area contributed by atoms with Gasteiger partial charge in [0.2, 0.25) is 0 Å². The summed E-state index contributed by atoms with van der Waals surface area (Å²) in [6, 6.07) is 0. The molecule has 5 heteroatoms. The zero-order valence-corrected chi connectivity index (χ0v) is 16.7. The van der Waals surface area contributed by atoms with Gasteiger partial charge in [-0.15, -0.1) is 0 Å². The second kappa shape index (κ2) is 20.7. The lowest BCUT2D eigenvalue weighted by atomic mass is 10.0. The topological polar surface area (TPSA) is 87.0 Å². The molecule has 0 unspecified atom stereocenters. The zero-order valence-electron chi connectivity index (χ0n) is 16.7. The highest BCUT2D eigenvalue weighted by Gasteiger charge is 2.07. The van der Waals surface area contributed by atoms with Crippen LogP contribution in [0.5, 0.6) is 0 Å². The maximum absolute atomic E-state index is 11.4. The van der Waals surface area contributed by atoms with Gasteiger partial charge in [0.1, 0.15) is 12.7 Å². The number of aliphatic hydroxyl groups excluding tert-OH is 3. The third kappa shape index (κ3) is 19.7. The fourth-order valence-corrected chi connectivity index (χ4v) is 2.99. The monoisotopic (exact) mass is 374 g/mol. The highest BCUT2D eigenvalue weighted by atomic mass is 16.5. The van der Waals surface area contributed by atoms with Crippen LogP contribution in [0.4, 0.5) is 0 Å². The first-order valence-corrected chi connectivity index (χ1v) is 10.8. The molecule has 0 rings (SSSR count). The second-order valence-electron chi connectivity index (χ2n) is 7.30. The number of carbonyl (C=O) groups excluding carboxylic acids is 1. The molecule has 0 aliphatic carbocycles. The summed E-state index contributed by atoms with van der Waals surface area (Å²) in [6.45, 7) is -0.152. The van der Waals surface area contributed by atoms with Crippen LogP contribution in [0.1, 0.15) is 103 Å². The van der Waals surface area contributed by atoms with Crippen LogP contribution < -0.4 is 0 Å². The molecule has 0 amide bonds. The van der Waals surface area contributed by atoms with Gasteiger partial charge in [-0.2, -0.15) is 0 Å². The van der Waals surface area contributed by atoms with Crippen LogP contribution in [0.3, 0.4) is 0 Å². The summed E-state index contributed by atoms with van der Waals surface area (Å²) in [5.41, 5.74) is 0. The Morgan fingerprint density at radius 2 is 1.04 bits per heavy atom. The van der Waals surface area contributed by atoms with E-state index < -0.39 is 6.10 Å². The van der Waals surface area contributed by atoms with Crippen LogP contribution in [0.15, 0.2) is 0 Å². The Balaban J connectivity index is 3.12. The number of hydrogen-bond acceptors (Lipinski definition) is 5. The Kier molecular flexibility index (Phi) is 20.1. The molecule has 0 heterocycles. The van der Waals surface area contributed by atoms with E-state index in [9.17, 15) is 4.79 Å². The summed E-state index contributed by atoms with van der Waals surface area (Å²) in [4.78, 5) is 11.4. The summed E-state index contributed by atoms with van der Waals surface area (Å²) in [7, 11) is 0. The second-order valence-corrected chi connectivity index (χ2v) is 7.30. The van der Waals surface area contributed by atoms with E-state index in [1.54, 1.807) is 0 Å². The fraction of sp³-hybridized carbons (Fsp3) is 0.952. The van der Waals surface area contributed by atoms with Gasteiger partial charge in [-0.3, -0.25) is 4.79 Å². The maximum Gasteiger partial charge on any atom is 0.305 e. The van der Waals surface area contributed by atoms with Gasteiger partial charge in [0.05, 0.1) is 6.61 Å². The number of esters is 1. The van der Waals surface area contributed by atoms with Crippen LogP contribution in [0, 0.1) is 0 Å². The summed E-state index contributed by atoms with van der Waals surface area (Å²) >= 11 is 0. The number of unbranched alkanes of at least 4 members (excludes halogenated alkanes) is 14. The molecule has 0 spiro atoms. The van der Waals surface area contributed by atoms with E-state index in [2.05, 4.69) is 0 Å². The summed E-state index contributed by atoms with van der Waals surface area (Å²) < 4.78 is 4.86. The van der Waals surface area contributed by atoms with E-state index in [4.69, 9.17) is 20.1 Å². The Morgan fingerprint density at radius 3 is 1.42 bits per heavy atom. The first-order chi connectivity index (χ1) is 12.7. The molecule has 3 N–H and O–H groups in total. The highest BCUT2D eigenvalue weighted by Crippen LogP contribution is 2.13. The first-order valence-electron chi connectivity index (χ1n) is 10.8.